The number of rotatable bonds is 2. The minimum atomic E-state index is 0.811. The normalized spacial score (nSPS) is 15.0. The van der Waals surface area contributed by atoms with Gasteiger partial charge in [-0.15, -0.1) is 0 Å². The molecule has 0 bridgehead atoms. The molecule has 1 aliphatic rings. The van der Waals surface area contributed by atoms with Gasteiger partial charge in [0, 0.05) is 6.42 Å². The summed E-state index contributed by atoms with van der Waals surface area (Å²) in [5, 5.41) is 0. The molecule has 0 aliphatic heterocycles. The van der Waals surface area contributed by atoms with Gasteiger partial charge in [0.1, 0.15) is 0 Å². The molecule has 1 aliphatic carbocycles. The highest BCUT2D eigenvalue weighted by molar-refractivity contribution is 5.21. The van der Waals surface area contributed by atoms with E-state index >= 15 is 0 Å². The van der Waals surface area contributed by atoms with Crippen LogP contribution in [0, 0.1) is 12.3 Å². The van der Waals surface area contributed by atoms with Crippen molar-refractivity contribution >= 4 is 0 Å². The summed E-state index contributed by atoms with van der Waals surface area (Å²) in [6.45, 7) is 0. The highest BCUT2D eigenvalue weighted by Crippen LogP contribution is 2.22. The summed E-state index contributed by atoms with van der Waals surface area (Å²) in [5.74, 6) is 2.35. The van der Waals surface area contributed by atoms with Gasteiger partial charge in [-0.3, -0.25) is 0 Å². The first-order valence-electron chi connectivity index (χ1n) is 2.51. The van der Waals surface area contributed by atoms with Crippen LogP contribution in [0.4, 0.5) is 0 Å². The molecule has 0 unspecified atom stereocenters. The summed E-state index contributed by atoms with van der Waals surface area (Å²) < 4.78 is 0. The Bertz CT molecular complexity index is 123. The fraction of sp³-hybridized carbons (Fsp3) is 0.429. The molecule has 0 saturated carbocycles. The maximum Gasteiger partial charge on any atom is 0.0136 e. The first-order chi connectivity index (χ1) is 3.43. The van der Waals surface area contributed by atoms with E-state index in [0.717, 1.165) is 12.8 Å². The average Bonchev–Trinajstić information content (AvgIpc) is 2.42. The van der Waals surface area contributed by atoms with E-state index in [1.165, 1.54) is 12.0 Å². The molecule has 0 nitrogen and oxygen atoms in total. The van der Waals surface area contributed by atoms with Crippen LogP contribution in [-0.2, 0) is 0 Å². The molecule has 0 saturated heterocycles. The zero-order valence-corrected chi connectivity index (χ0v) is 4.20. The van der Waals surface area contributed by atoms with Gasteiger partial charge in [0.2, 0.25) is 0 Å². The molecule has 1 rings (SSSR count). The molecule has 0 heteroatoms. The minimum absolute atomic E-state index is 0.811. The molecule has 35 valence electrons. The Morgan fingerprint density at radius 2 is 2.57 bits per heavy atom. The summed E-state index contributed by atoms with van der Waals surface area (Å²) in [6, 6.07) is 0. The standard InChI is InChI=1S/C7H7/c1-2-3-4-7-5-6-7/h5H,3-4,6H2. The van der Waals surface area contributed by atoms with Crippen LogP contribution >= 0.6 is 0 Å². The summed E-state index contributed by atoms with van der Waals surface area (Å²) >= 11 is 0. The number of allylic oxidation sites excluding steroid dienone is 2. The molecule has 0 spiro atoms. The van der Waals surface area contributed by atoms with Crippen molar-refractivity contribution in [2.75, 3.05) is 0 Å². The van der Waals surface area contributed by atoms with Crippen LogP contribution in [-0.4, -0.2) is 0 Å². The molecule has 0 aromatic rings. The average molecular weight is 91.1 g/mol. The van der Waals surface area contributed by atoms with Crippen molar-refractivity contribution in [1.82, 2.24) is 0 Å². The molecule has 0 N–H and O–H groups in total. The molecule has 0 heterocycles. The van der Waals surface area contributed by atoms with Crippen LogP contribution in [0.25, 0.3) is 0 Å². The smallest absolute Gasteiger partial charge is 0.0136 e. The van der Waals surface area contributed by atoms with Crippen LogP contribution in [0.1, 0.15) is 19.3 Å². The maximum atomic E-state index is 6.55. The number of hydrogen-bond donors (Lipinski definition) is 0. The molecule has 0 amide bonds. The third-order valence-corrected chi connectivity index (χ3v) is 1.06. The number of hydrogen-bond acceptors (Lipinski definition) is 0. The Hall–Kier alpha value is -0.700. The van der Waals surface area contributed by atoms with Crippen LogP contribution in [0.5, 0.6) is 0 Å². The third-order valence-electron chi connectivity index (χ3n) is 1.06. The quantitative estimate of drug-likeness (QED) is 0.358. The van der Waals surface area contributed by atoms with Gasteiger partial charge in [-0.2, -0.15) is 0 Å². The monoisotopic (exact) mass is 91.1 g/mol. The van der Waals surface area contributed by atoms with Gasteiger partial charge in [0.15, 0.2) is 0 Å². The second-order valence-electron chi connectivity index (χ2n) is 1.74. The predicted octanol–water partition coefficient (Wildman–Crippen LogP) is 1.69. The Labute approximate surface area is 44.2 Å². The zero-order valence-electron chi connectivity index (χ0n) is 4.20. The van der Waals surface area contributed by atoms with E-state index in [-0.39, 0.29) is 0 Å². The third kappa shape index (κ3) is 1.45. The van der Waals surface area contributed by atoms with Gasteiger partial charge >= 0.3 is 0 Å². The van der Waals surface area contributed by atoms with E-state index in [4.69, 9.17) is 6.42 Å². The fourth-order valence-corrected chi connectivity index (χ4v) is 0.499. The lowest BCUT2D eigenvalue weighted by atomic mass is 10.3. The lowest BCUT2D eigenvalue weighted by molar-refractivity contribution is 1.04. The van der Waals surface area contributed by atoms with Crippen LogP contribution in [0.15, 0.2) is 11.6 Å². The van der Waals surface area contributed by atoms with Crippen molar-refractivity contribution in [2.45, 2.75) is 19.3 Å². The van der Waals surface area contributed by atoms with E-state index in [2.05, 4.69) is 12.0 Å². The lowest BCUT2D eigenvalue weighted by Gasteiger charge is -1.78. The molecule has 0 aromatic heterocycles. The molecule has 0 fully saturated rings. The molecule has 7 heavy (non-hydrogen) atoms. The zero-order chi connectivity index (χ0) is 5.11. The first kappa shape index (κ1) is 4.46. The van der Waals surface area contributed by atoms with Gasteiger partial charge in [-0.25, -0.2) is 0 Å². The van der Waals surface area contributed by atoms with Gasteiger partial charge in [0.05, 0.1) is 0 Å². The van der Waals surface area contributed by atoms with Gasteiger partial charge < -0.3 is 0 Å². The van der Waals surface area contributed by atoms with E-state index in [0.29, 0.717) is 0 Å². The van der Waals surface area contributed by atoms with Crippen molar-refractivity contribution < 1.29 is 0 Å². The Balaban J connectivity index is 2.02. The summed E-state index contributed by atoms with van der Waals surface area (Å²) in [5.41, 5.74) is 1.50. The molecular weight excluding hydrogens is 84.1 g/mol. The van der Waals surface area contributed by atoms with Gasteiger partial charge in [-0.1, -0.05) is 17.6 Å². The maximum absolute atomic E-state index is 6.55. The van der Waals surface area contributed by atoms with Crippen LogP contribution in [0.2, 0.25) is 0 Å². The molecule has 0 atom stereocenters. The Kier molecular flexibility index (Phi) is 1.17. The lowest BCUT2D eigenvalue weighted by Crippen LogP contribution is -1.62. The second-order valence-corrected chi connectivity index (χ2v) is 1.74. The van der Waals surface area contributed by atoms with Crippen molar-refractivity contribution in [3.8, 4) is 5.92 Å². The molecular formula is C7H7. The van der Waals surface area contributed by atoms with Crippen LogP contribution < -0.4 is 0 Å². The SMILES string of the molecule is [C]#CCCC1=CC1. The summed E-state index contributed by atoms with van der Waals surface area (Å²) in [6.07, 6.45) is 11.8. The molecule has 1 radical (unpaired) electrons. The first-order valence-corrected chi connectivity index (χ1v) is 2.51. The van der Waals surface area contributed by atoms with Gasteiger partial charge in [0.25, 0.3) is 0 Å². The fourth-order valence-electron chi connectivity index (χ4n) is 0.499. The van der Waals surface area contributed by atoms with E-state index in [1.807, 2.05) is 0 Å². The highest BCUT2D eigenvalue weighted by Gasteiger charge is 2.03. The van der Waals surface area contributed by atoms with Crippen molar-refractivity contribution in [1.29, 1.82) is 0 Å². The van der Waals surface area contributed by atoms with E-state index < -0.39 is 0 Å². The topological polar surface area (TPSA) is 0 Å². The Morgan fingerprint density at radius 1 is 1.86 bits per heavy atom. The van der Waals surface area contributed by atoms with Crippen LogP contribution in [0.3, 0.4) is 0 Å². The van der Waals surface area contributed by atoms with Crippen molar-refractivity contribution in [3.05, 3.63) is 18.1 Å². The predicted molar refractivity (Wildman–Crippen MR) is 29.1 cm³/mol. The second kappa shape index (κ2) is 1.84. The minimum Gasteiger partial charge on any atom is -0.0888 e. The highest BCUT2D eigenvalue weighted by atomic mass is 14.1. The molecule has 0 aromatic carbocycles. The largest absolute Gasteiger partial charge is 0.0888 e. The van der Waals surface area contributed by atoms with E-state index in [9.17, 15) is 0 Å². The summed E-state index contributed by atoms with van der Waals surface area (Å²) in [4.78, 5) is 0. The summed E-state index contributed by atoms with van der Waals surface area (Å²) in [7, 11) is 0. The van der Waals surface area contributed by atoms with Crippen molar-refractivity contribution in [3.63, 3.8) is 0 Å². The van der Waals surface area contributed by atoms with Gasteiger partial charge in [-0.05, 0) is 19.3 Å². The van der Waals surface area contributed by atoms with E-state index in [1.54, 1.807) is 0 Å². The Morgan fingerprint density at radius 3 is 3.00 bits per heavy atom. The van der Waals surface area contributed by atoms with Crippen molar-refractivity contribution in [2.24, 2.45) is 0 Å².